The molecule has 3 unspecified atom stereocenters. The Labute approximate surface area is 252 Å². The number of nitrogens with one attached hydrogen (secondary N) is 1. The van der Waals surface area contributed by atoms with Gasteiger partial charge in [0.05, 0.1) is 19.1 Å². The van der Waals surface area contributed by atoms with Gasteiger partial charge in [-0.05, 0) is 63.4 Å². The average molecular weight is 640 g/mol. The summed E-state index contributed by atoms with van der Waals surface area (Å²) in [5.41, 5.74) is 3.12. The number of aromatic nitrogens is 3. The third-order valence-electron chi connectivity index (χ3n) is 7.77. The highest BCUT2D eigenvalue weighted by molar-refractivity contribution is 7.52. The molecule has 7 N–H and O–H groups in total. The van der Waals surface area contributed by atoms with Crippen LogP contribution in [0.1, 0.15) is 39.3 Å². The second-order valence-corrected chi connectivity index (χ2v) is 12.8. The summed E-state index contributed by atoms with van der Waals surface area (Å²) in [6.07, 6.45) is -0.854. The maximum atomic E-state index is 14.1. The molecule has 5 atom stereocenters. The molecule has 2 fully saturated rings. The summed E-state index contributed by atoms with van der Waals surface area (Å²) in [6, 6.07) is 7.76. The first-order valence-corrected chi connectivity index (χ1v) is 15.5. The van der Waals surface area contributed by atoms with E-state index in [2.05, 4.69) is 15.1 Å². The van der Waals surface area contributed by atoms with Gasteiger partial charge in [-0.25, -0.2) is 10.4 Å². The van der Waals surface area contributed by atoms with E-state index in [4.69, 9.17) is 41.7 Å². The molecule has 234 valence electrons. The fourth-order valence-electron chi connectivity index (χ4n) is 5.21. The van der Waals surface area contributed by atoms with Crippen LogP contribution < -0.4 is 26.2 Å². The molecular formula is C26H35ClN7O8P. The smallest absolute Gasteiger partial charge is 0.459 e. The van der Waals surface area contributed by atoms with Crippen LogP contribution in [0.3, 0.4) is 0 Å². The van der Waals surface area contributed by atoms with E-state index in [0.29, 0.717) is 47.7 Å². The fraction of sp³-hybridized carbons (Fsp3) is 0.500. The van der Waals surface area contributed by atoms with E-state index in [-0.39, 0.29) is 11.7 Å². The number of anilines is 2. The standard InChI is InChI=1S/C26H35ClN7O8P/c1-4-34(29)21-17-10-13-33(20(17)30-24(28)31-21)22-25(2,37)19(35)18(41-22)14-40-43(38,42-16-8-6-15(27)7-9-16)32-26(11-5-12-26)23(36)39-3/h6-10,13,18-19,22,35,37H,4-5,11-12,14,29H2,1-3H3,(H,32,38)(H2,28,30,31)/t18?,19-,22?,25-,43?/m1/s1. The molecule has 3 aromatic rings. The van der Waals surface area contributed by atoms with Gasteiger partial charge < -0.3 is 34.5 Å². The van der Waals surface area contributed by atoms with Gasteiger partial charge in [0.15, 0.2) is 12.0 Å². The van der Waals surface area contributed by atoms with Crippen molar-refractivity contribution < 1.29 is 38.1 Å². The van der Waals surface area contributed by atoms with Gasteiger partial charge in [0, 0.05) is 17.8 Å². The number of halogens is 1. The third-order valence-corrected chi connectivity index (χ3v) is 9.67. The van der Waals surface area contributed by atoms with Crippen molar-refractivity contribution in [2.24, 2.45) is 5.84 Å². The Hall–Kier alpha value is -3.01. The molecule has 1 aromatic carbocycles. The van der Waals surface area contributed by atoms with Crippen molar-refractivity contribution in [3.8, 4) is 5.75 Å². The number of rotatable bonds is 11. The number of carbonyl (C=O) groups is 1. The van der Waals surface area contributed by atoms with Crippen LogP contribution in [-0.4, -0.2) is 74.3 Å². The molecule has 1 saturated heterocycles. The Balaban J connectivity index is 1.41. The number of hydrogen-bond acceptors (Lipinski definition) is 13. The lowest BCUT2D eigenvalue weighted by molar-refractivity contribution is -0.151. The van der Waals surface area contributed by atoms with E-state index >= 15 is 0 Å². The molecule has 5 rings (SSSR count). The topological polar surface area (TPSA) is 210 Å². The maximum Gasteiger partial charge on any atom is 0.459 e. The minimum atomic E-state index is -4.31. The number of methoxy groups -OCH3 is 1. The van der Waals surface area contributed by atoms with Crippen LogP contribution in [0.2, 0.25) is 5.02 Å². The number of nitrogens with zero attached hydrogens (tertiary/aromatic N) is 4. The van der Waals surface area contributed by atoms with Gasteiger partial charge in [-0.3, -0.25) is 14.3 Å². The molecule has 1 aliphatic carbocycles. The van der Waals surface area contributed by atoms with Crippen LogP contribution in [-0.2, 0) is 23.4 Å². The first kappa shape index (κ1) is 31.4. The summed E-state index contributed by atoms with van der Waals surface area (Å²) in [4.78, 5) is 21.1. The molecule has 0 bridgehead atoms. The van der Waals surface area contributed by atoms with Gasteiger partial charge in [-0.1, -0.05) is 11.6 Å². The zero-order chi connectivity index (χ0) is 31.2. The second kappa shape index (κ2) is 11.8. The van der Waals surface area contributed by atoms with E-state index < -0.39 is 49.9 Å². The highest BCUT2D eigenvalue weighted by atomic mass is 35.5. The lowest BCUT2D eigenvalue weighted by atomic mass is 9.78. The van der Waals surface area contributed by atoms with E-state index in [0.717, 1.165) is 0 Å². The number of esters is 1. The summed E-state index contributed by atoms with van der Waals surface area (Å²) < 4.78 is 38.2. The van der Waals surface area contributed by atoms with E-state index in [9.17, 15) is 19.6 Å². The van der Waals surface area contributed by atoms with Crippen molar-refractivity contribution in [1.82, 2.24) is 19.6 Å². The highest BCUT2D eigenvalue weighted by Gasteiger charge is 2.55. The predicted molar refractivity (Wildman–Crippen MR) is 157 cm³/mol. The third kappa shape index (κ3) is 5.91. The van der Waals surface area contributed by atoms with Crippen LogP contribution >= 0.6 is 19.3 Å². The van der Waals surface area contributed by atoms with Crippen molar-refractivity contribution in [2.45, 2.75) is 62.7 Å². The molecule has 1 saturated carbocycles. The Kier molecular flexibility index (Phi) is 8.64. The number of carbonyl (C=O) groups excluding carboxylic acids is 1. The summed E-state index contributed by atoms with van der Waals surface area (Å²) in [5, 5.41) is 27.7. The van der Waals surface area contributed by atoms with Gasteiger partial charge in [0.2, 0.25) is 5.95 Å². The molecule has 2 aromatic heterocycles. The van der Waals surface area contributed by atoms with Crippen molar-refractivity contribution in [3.05, 3.63) is 41.6 Å². The number of hydrazine groups is 1. The minimum Gasteiger partial charge on any atom is -0.468 e. The van der Waals surface area contributed by atoms with Crippen LogP contribution in [0.5, 0.6) is 5.75 Å². The number of aliphatic hydroxyl groups excluding tert-OH is 1. The normalized spacial score (nSPS) is 26.1. The number of fused-ring (bicyclic) bond motifs is 1. The zero-order valence-electron chi connectivity index (χ0n) is 23.8. The SMILES string of the molecule is CCN(N)c1nc(N)nc2c1ccn2C1OC(COP(=O)(NC2(C(=O)OC)CCC2)Oc2ccc(Cl)cc2)[C@@H](O)[C@@]1(C)O. The monoisotopic (exact) mass is 639 g/mol. The van der Waals surface area contributed by atoms with Crippen LogP contribution in [0.15, 0.2) is 36.5 Å². The van der Waals surface area contributed by atoms with Crippen molar-refractivity contribution >= 4 is 48.1 Å². The fourth-order valence-corrected chi connectivity index (χ4v) is 7.08. The van der Waals surface area contributed by atoms with Gasteiger partial charge in [0.25, 0.3) is 0 Å². The Morgan fingerprint density at radius 3 is 2.60 bits per heavy atom. The number of ether oxygens (including phenoxy) is 2. The molecular weight excluding hydrogens is 605 g/mol. The maximum absolute atomic E-state index is 14.1. The highest BCUT2D eigenvalue weighted by Crippen LogP contribution is 2.51. The van der Waals surface area contributed by atoms with Crippen molar-refractivity contribution in [3.63, 3.8) is 0 Å². The first-order chi connectivity index (χ1) is 20.3. The number of nitrogen functional groups attached to an aromatic ring is 1. The molecule has 3 heterocycles. The molecule has 0 amide bonds. The Bertz CT molecular complexity index is 1530. The predicted octanol–water partition coefficient (Wildman–Crippen LogP) is 2.27. The number of nitrogens with two attached hydrogens (primary N) is 2. The Morgan fingerprint density at radius 2 is 2.00 bits per heavy atom. The number of aliphatic hydroxyl groups is 2. The lowest BCUT2D eigenvalue weighted by Gasteiger charge is -2.41. The number of benzene rings is 1. The summed E-state index contributed by atoms with van der Waals surface area (Å²) in [6.45, 7) is 3.19. The largest absolute Gasteiger partial charge is 0.468 e. The minimum absolute atomic E-state index is 0.0497. The van der Waals surface area contributed by atoms with Crippen LogP contribution in [0.4, 0.5) is 11.8 Å². The van der Waals surface area contributed by atoms with Gasteiger partial charge in [-0.2, -0.15) is 15.1 Å². The second-order valence-electron chi connectivity index (χ2n) is 10.7. The number of hydrogen-bond donors (Lipinski definition) is 5. The quantitative estimate of drug-likeness (QED) is 0.0882. The van der Waals surface area contributed by atoms with Gasteiger partial charge >= 0.3 is 13.7 Å². The van der Waals surface area contributed by atoms with E-state index in [1.165, 1.54) is 35.7 Å². The van der Waals surface area contributed by atoms with Crippen molar-refractivity contribution in [2.75, 3.05) is 31.0 Å². The Morgan fingerprint density at radius 1 is 1.30 bits per heavy atom. The van der Waals surface area contributed by atoms with E-state index in [1.54, 1.807) is 24.4 Å². The molecule has 1 aliphatic heterocycles. The average Bonchev–Trinajstić information content (AvgIpc) is 3.47. The molecule has 43 heavy (non-hydrogen) atoms. The molecule has 0 radical (unpaired) electrons. The lowest BCUT2D eigenvalue weighted by Crippen LogP contribution is -2.57. The van der Waals surface area contributed by atoms with E-state index in [1.807, 2.05) is 6.92 Å². The summed E-state index contributed by atoms with van der Waals surface area (Å²) >= 11 is 5.98. The summed E-state index contributed by atoms with van der Waals surface area (Å²) in [7, 11) is -3.07. The summed E-state index contributed by atoms with van der Waals surface area (Å²) in [5.74, 6) is 5.96. The molecule has 15 nitrogen and oxygen atoms in total. The van der Waals surface area contributed by atoms with Crippen LogP contribution in [0.25, 0.3) is 11.0 Å². The molecule has 17 heteroatoms. The van der Waals surface area contributed by atoms with Crippen LogP contribution in [0, 0.1) is 0 Å². The zero-order valence-corrected chi connectivity index (χ0v) is 25.5. The van der Waals surface area contributed by atoms with Gasteiger partial charge in [0.1, 0.15) is 34.7 Å². The van der Waals surface area contributed by atoms with Gasteiger partial charge in [-0.15, -0.1) is 0 Å². The first-order valence-electron chi connectivity index (χ1n) is 13.6. The van der Waals surface area contributed by atoms with Crippen molar-refractivity contribution in [1.29, 1.82) is 0 Å². The molecule has 0 spiro atoms. The molecule has 2 aliphatic rings.